The molecule has 88 valence electrons. The molecule has 0 nitrogen and oxygen atoms in total. The van der Waals surface area contributed by atoms with E-state index in [0.717, 1.165) is 11.8 Å². The molecule has 0 amide bonds. The molecular weight excluding hydrogens is 195 g/mol. The average Bonchev–Trinajstić information content (AvgIpc) is 2.11. The van der Waals surface area contributed by atoms with Gasteiger partial charge in [-0.15, -0.1) is 10.5 Å². The highest BCUT2D eigenvalue weighted by molar-refractivity contribution is 6.66. The van der Waals surface area contributed by atoms with Gasteiger partial charge < -0.3 is 0 Å². The van der Waals surface area contributed by atoms with Crippen LogP contribution in [0, 0.1) is 11.8 Å². The normalized spacial score (nSPS) is 12.7. The van der Waals surface area contributed by atoms with Gasteiger partial charge in [0.05, 0.1) is 0 Å². The lowest BCUT2D eigenvalue weighted by molar-refractivity contribution is 0.692. The number of allylic oxidation sites excluding steroid dienone is 2. The largest absolute Gasteiger partial charge is 0.298 e. The Balaban J connectivity index is 4.32. The number of hydrogen-bond acceptors (Lipinski definition) is 0. The van der Waals surface area contributed by atoms with E-state index in [1.807, 2.05) is 0 Å². The predicted molar refractivity (Wildman–Crippen MR) is 73.7 cm³/mol. The van der Waals surface area contributed by atoms with E-state index in [9.17, 15) is 0 Å². The minimum atomic E-state index is -0.614. The van der Waals surface area contributed by atoms with E-state index in [0.29, 0.717) is 0 Å². The Hall–Kier alpha value is 0.272. The van der Waals surface area contributed by atoms with Crippen LogP contribution in [0.4, 0.5) is 0 Å². The van der Waals surface area contributed by atoms with Crippen molar-refractivity contribution in [2.45, 2.75) is 64.9 Å². The molecule has 15 heavy (non-hydrogen) atoms. The van der Waals surface area contributed by atoms with E-state index in [4.69, 9.17) is 0 Å². The van der Waals surface area contributed by atoms with Gasteiger partial charge in [-0.25, -0.2) is 0 Å². The fourth-order valence-corrected chi connectivity index (χ4v) is 5.86. The summed E-state index contributed by atoms with van der Waals surface area (Å²) in [4.78, 5) is 0. The quantitative estimate of drug-likeness (QED) is 0.529. The van der Waals surface area contributed by atoms with Gasteiger partial charge in [-0.3, -0.25) is 0 Å². The van der Waals surface area contributed by atoms with Crippen LogP contribution in [0.25, 0.3) is 0 Å². The summed E-state index contributed by atoms with van der Waals surface area (Å²) in [6.45, 7) is 14.1. The molecular formula is C14H29Al. The molecule has 0 unspecified atom stereocenters. The third-order valence-electron chi connectivity index (χ3n) is 2.91. The fourth-order valence-electron chi connectivity index (χ4n) is 2.14. The van der Waals surface area contributed by atoms with Crippen LogP contribution >= 0.6 is 0 Å². The van der Waals surface area contributed by atoms with Gasteiger partial charge >= 0.3 is 0 Å². The van der Waals surface area contributed by atoms with Gasteiger partial charge in [0, 0.05) is 0 Å². The van der Waals surface area contributed by atoms with Crippen molar-refractivity contribution < 1.29 is 0 Å². The summed E-state index contributed by atoms with van der Waals surface area (Å²) >= 11 is -0.614. The highest BCUT2D eigenvalue weighted by Crippen LogP contribution is 2.20. The molecule has 0 aromatic heterocycles. The van der Waals surface area contributed by atoms with Crippen LogP contribution in [0.1, 0.15) is 54.4 Å². The minimum absolute atomic E-state index is 0.614. The topological polar surface area (TPSA) is 0 Å². The Morgan fingerprint density at radius 1 is 1.07 bits per heavy atom. The number of hydrogen-bond donors (Lipinski definition) is 0. The van der Waals surface area contributed by atoms with Crippen molar-refractivity contribution >= 4 is 14.1 Å². The van der Waals surface area contributed by atoms with Gasteiger partial charge in [-0.05, 0) is 6.42 Å². The van der Waals surface area contributed by atoms with E-state index >= 15 is 0 Å². The first-order valence-corrected chi connectivity index (χ1v) is 8.85. The first-order chi connectivity index (χ1) is 6.97. The molecule has 0 radical (unpaired) electrons. The summed E-state index contributed by atoms with van der Waals surface area (Å²) in [5, 5.41) is 2.98. The van der Waals surface area contributed by atoms with Crippen LogP contribution in [-0.2, 0) is 0 Å². The highest BCUT2D eigenvalue weighted by atomic mass is 27.2. The summed E-state index contributed by atoms with van der Waals surface area (Å²) in [6.07, 6.45) is 5.09. The van der Waals surface area contributed by atoms with Gasteiger partial charge in [-0.2, -0.15) is 0 Å². The maximum Gasteiger partial charge on any atom is 0.298 e. The minimum Gasteiger partial charge on any atom is -0.137 e. The maximum atomic E-state index is 2.52. The zero-order chi connectivity index (χ0) is 11.8. The summed E-state index contributed by atoms with van der Waals surface area (Å²) < 4.78 is 1.76. The van der Waals surface area contributed by atoms with E-state index in [1.54, 1.807) is 4.44 Å². The van der Waals surface area contributed by atoms with Crippen molar-refractivity contribution in [2.24, 2.45) is 11.8 Å². The number of rotatable bonds is 7. The second kappa shape index (κ2) is 8.43. The van der Waals surface area contributed by atoms with Crippen molar-refractivity contribution in [2.75, 3.05) is 0 Å². The summed E-state index contributed by atoms with van der Waals surface area (Å²) in [6, 6.07) is 0. The Kier molecular flexibility index (Phi) is 8.58. The molecule has 0 spiro atoms. The Labute approximate surface area is 102 Å². The smallest absolute Gasteiger partial charge is 0.137 e. The lowest BCUT2D eigenvalue weighted by Crippen LogP contribution is -2.19. The van der Waals surface area contributed by atoms with Gasteiger partial charge in [0.2, 0.25) is 0 Å². The molecule has 0 rings (SSSR count). The van der Waals surface area contributed by atoms with Gasteiger partial charge in [-0.1, -0.05) is 70.4 Å². The maximum absolute atomic E-state index is 2.52. The van der Waals surface area contributed by atoms with E-state index < -0.39 is 14.1 Å². The third-order valence-corrected chi connectivity index (χ3v) is 7.46. The average molecular weight is 224 g/mol. The molecule has 0 aromatic rings. The fraction of sp³-hybridized carbons (Fsp3) is 0.857. The molecule has 0 bridgehead atoms. The van der Waals surface area contributed by atoms with Crippen LogP contribution in [0.2, 0.25) is 10.6 Å². The Bertz CT molecular complexity index is 170. The molecule has 0 aromatic carbocycles. The molecule has 0 aliphatic rings. The van der Waals surface area contributed by atoms with Crippen molar-refractivity contribution in [3.63, 3.8) is 0 Å². The predicted octanol–water partition coefficient (Wildman–Crippen LogP) is 5.08. The second-order valence-electron chi connectivity index (χ2n) is 5.69. The SMILES string of the molecule is CCCC=[C](C)[Al]([CH2]C(C)C)[CH2]C(C)C. The van der Waals surface area contributed by atoms with Crippen molar-refractivity contribution in [1.29, 1.82) is 0 Å². The lowest BCUT2D eigenvalue weighted by Gasteiger charge is -2.17. The molecule has 0 aliphatic heterocycles. The second-order valence-corrected chi connectivity index (χ2v) is 8.94. The van der Waals surface area contributed by atoms with E-state index in [2.05, 4.69) is 47.6 Å². The molecule has 1 heteroatoms. The molecule has 0 heterocycles. The van der Waals surface area contributed by atoms with E-state index in [1.165, 1.54) is 23.4 Å². The van der Waals surface area contributed by atoms with Crippen LogP contribution < -0.4 is 0 Å². The third kappa shape index (κ3) is 8.12. The first kappa shape index (κ1) is 15.3. The molecule has 0 aliphatic carbocycles. The Morgan fingerprint density at radius 2 is 1.53 bits per heavy atom. The van der Waals surface area contributed by atoms with Crippen LogP contribution in [0.15, 0.2) is 10.5 Å². The van der Waals surface area contributed by atoms with Crippen LogP contribution in [0.5, 0.6) is 0 Å². The van der Waals surface area contributed by atoms with Gasteiger partial charge in [0.15, 0.2) is 0 Å². The molecule has 0 N–H and O–H groups in total. The van der Waals surface area contributed by atoms with Crippen LogP contribution in [-0.4, -0.2) is 14.1 Å². The van der Waals surface area contributed by atoms with Gasteiger partial charge in [0.25, 0.3) is 14.1 Å². The lowest BCUT2D eigenvalue weighted by atomic mass is 10.3. The summed E-state index contributed by atoms with van der Waals surface area (Å²) in [7, 11) is 0. The first-order valence-electron chi connectivity index (χ1n) is 6.64. The number of unbranched alkanes of at least 4 members (excludes halogenated alkanes) is 1. The molecule has 0 atom stereocenters. The monoisotopic (exact) mass is 224 g/mol. The Morgan fingerprint density at radius 3 is 1.87 bits per heavy atom. The zero-order valence-corrected chi connectivity index (χ0v) is 12.8. The highest BCUT2D eigenvalue weighted by Gasteiger charge is 2.21. The molecule has 0 saturated heterocycles. The van der Waals surface area contributed by atoms with Crippen LogP contribution in [0.3, 0.4) is 0 Å². The van der Waals surface area contributed by atoms with E-state index in [-0.39, 0.29) is 0 Å². The van der Waals surface area contributed by atoms with Crippen molar-refractivity contribution in [1.82, 2.24) is 0 Å². The molecule has 0 saturated carbocycles. The van der Waals surface area contributed by atoms with Gasteiger partial charge in [0.1, 0.15) is 0 Å². The zero-order valence-electron chi connectivity index (χ0n) is 11.6. The molecule has 0 fully saturated rings. The summed E-state index contributed by atoms with van der Waals surface area (Å²) in [5.41, 5.74) is 0. The van der Waals surface area contributed by atoms with Crippen molar-refractivity contribution in [3.8, 4) is 0 Å². The standard InChI is InChI=1S/C6H11.2C4H9.Al/c1-3-5-6-4-2;2*1-4(2)3;/h6H,3,5H2,1-2H3;2*4H,1H2,2-3H3;. The summed E-state index contributed by atoms with van der Waals surface area (Å²) in [5.74, 6) is 1.76. The van der Waals surface area contributed by atoms with Crippen molar-refractivity contribution in [3.05, 3.63) is 10.5 Å².